The largest absolute Gasteiger partial charge is 0.311 e. The molecule has 0 amide bonds. The van der Waals surface area contributed by atoms with Crippen LogP contribution in [0, 0.1) is 0 Å². The summed E-state index contributed by atoms with van der Waals surface area (Å²) < 4.78 is 2.39. The first-order valence-electron chi connectivity index (χ1n) is 21.2. The van der Waals surface area contributed by atoms with Crippen LogP contribution in [0.5, 0.6) is 0 Å². The van der Waals surface area contributed by atoms with Crippen molar-refractivity contribution >= 4 is 38.9 Å². The van der Waals surface area contributed by atoms with Crippen LogP contribution in [0.1, 0.15) is 0 Å². The molecule has 0 spiro atoms. The van der Waals surface area contributed by atoms with Gasteiger partial charge in [-0.3, -0.25) is 0 Å². The first-order valence-corrected chi connectivity index (χ1v) is 21.2. The Kier molecular flexibility index (Phi) is 9.57. The Bertz CT molecular complexity index is 3260. The molecule has 2 heteroatoms. The number of anilines is 3. The summed E-state index contributed by atoms with van der Waals surface area (Å²) >= 11 is 0. The summed E-state index contributed by atoms with van der Waals surface area (Å²) in [5, 5.41) is 2.46. The number of benzene rings is 10. The zero-order chi connectivity index (χ0) is 41.2. The number of hydrogen-bond donors (Lipinski definition) is 0. The predicted octanol–water partition coefficient (Wildman–Crippen LogP) is 16.6. The topological polar surface area (TPSA) is 8.17 Å². The molecular weight excluding hydrogens is 749 g/mol. The van der Waals surface area contributed by atoms with E-state index in [9.17, 15) is 0 Å². The van der Waals surface area contributed by atoms with Crippen LogP contribution in [0.15, 0.2) is 255 Å². The summed E-state index contributed by atoms with van der Waals surface area (Å²) in [4.78, 5) is 2.33. The second kappa shape index (κ2) is 16.1. The van der Waals surface area contributed by atoms with Crippen molar-refractivity contribution in [1.29, 1.82) is 0 Å². The zero-order valence-electron chi connectivity index (χ0n) is 34.1. The second-order valence-electron chi connectivity index (χ2n) is 15.8. The molecule has 11 rings (SSSR count). The highest BCUT2D eigenvalue weighted by molar-refractivity contribution is 6.11. The van der Waals surface area contributed by atoms with E-state index in [0.29, 0.717) is 0 Å². The zero-order valence-corrected chi connectivity index (χ0v) is 34.1. The average molecular weight is 791 g/mol. The smallest absolute Gasteiger partial charge is 0.0541 e. The Morgan fingerprint density at radius 3 is 0.887 bits per heavy atom. The van der Waals surface area contributed by atoms with Gasteiger partial charge in [0, 0.05) is 33.5 Å². The molecule has 11 aromatic rings. The number of rotatable bonds is 9. The summed E-state index contributed by atoms with van der Waals surface area (Å²) in [6.07, 6.45) is 0. The number of para-hydroxylation sites is 2. The van der Waals surface area contributed by atoms with E-state index in [1.54, 1.807) is 0 Å². The molecule has 0 atom stereocenters. The summed E-state index contributed by atoms with van der Waals surface area (Å²) in [7, 11) is 0. The summed E-state index contributed by atoms with van der Waals surface area (Å²) in [6, 6.07) is 91.9. The molecule has 0 aliphatic rings. The number of nitrogens with zero attached hydrogens (tertiary/aromatic N) is 2. The summed E-state index contributed by atoms with van der Waals surface area (Å²) in [5.74, 6) is 0. The van der Waals surface area contributed by atoms with E-state index in [1.807, 2.05) is 0 Å². The molecule has 1 heterocycles. The van der Waals surface area contributed by atoms with Crippen LogP contribution < -0.4 is 4.90 Å². The standard InChI is InChI=1S/C60H42N2/c1-5-13-43(14-6-1)45-21-23-47(24-22-45)48-29-35-55(36-30-48)61(53-17-9-3-10-18-53)56-37-31-50(32-38-56)52-34-40-60-58(42-52)57-41-51(33-39-59(57)62(60)54-19-11-4-12-20-54)49-27-25-46(26-28-49)44-15-7-2-8-16-44/h1-42H. The van der Waals surface area contributed by atoms with E-state index < -0.39 is 0 Å². The lowest BCUT2D eigenvalue weighted by atomic mass is 9.98. The van der Waals surface area contributed by atoms with Crippen LogP contribution in [-0.4, -0.2) is 4.57 Å². The highest BCUT2D eigenvalue weighted by atomic mass is 15.1. The maximum absolute atomic E-state index is 2.39. The van der Waals surface area contributed by atoms with Crippen LogP contribution in [0.4, 0.5) is 17.1 Å². The average Bonchev–Trinajstić information content (AvgIpc) is 3.69. The van der Waals surface area contributed by atoms with Gasteiger partial charge in [0.1, 0.15) is 0 Å². The van der Waals surface area contributed by atoms with Gasteiger partial charge < -0.3 is 9.47 Å². The quantitative estimate of drug-likeness (QED) is 0.141. The van der Waals surface area contributed by atoms with Gasteiger partial charge in [0.05, 0.1) is 11.0 Å². The Morgan fingerprint density at radius 1 is 0.226 bits per heavy atom. The lowest BCUT2D eigenvalue weighted by molar-refractivity contribution is 1.18. The molecule has 0 fully saturated rings. The molecule has 0 aliphatic carbocycles. The van der Waals surface area contributed by atoms with Gasteiger partial charge in [-0.25, -0.2) is 0 Å². The van der Waals surface area contributed by atoms with Gasteiger partial charge in [0.25, 0.3) is 0 Å². The molecule has 0 saturated heterocycles. The van der Waals surface area contributed by atoms with Crippen LogP contribution in [0.25, 0.3) is 83.1 Å². The minimum atomic E-state index is 1.10. The minimum Gasteiger partial charge on any atom is -0.311 e. The first-order chi connectivity index (χ1) is 30.7. The molecule has 0 bridgehead atoms. The Balaban J connectivity index is 0.935. The van der Waals surface area contributed by atoms with Gasteiger partial charge in [-0.05, 0) is 128 Å². The van der Waals surface area contributed by atoms with Gasteiger partial charge in [0.15, 0.2) is 0 Å². The van der Waals surface area contributed by atoms with E-state index in [-0.39, 0.29) is 0 Å². The maximum atomic E-state index is 2.39. The number of aromatic nitrogens is 1. The fourth-order valence-electron chi connectivity index (χ4n) is 8.84. The van der Waals surface area contributed by atoms with Crippen LogP contribution in [-0.2, 0) is 0 Å². The number of fused-ring (bicyclic) bond motifs is 3. The molecular formula is C60H42N2. The molecule has 2 nitrogen and oxygen atoms in total. The van der Waals surface area contributed by atoms with E-state index >= 15 is 0 Å². The molecule has 1 aromatic heterocycles. The molecule has 292 valence electrons. The fraction of sp³-hybridized carbons (Fsp3) is 0. The SMILES string of the molecule is c1ccc(-c2ccc(-c3ccc(N(c4ccccc4)c4ccc(-c5ccc6c(c5)c5cc(-c7ccc(-c8ccccc8)cc7)ccc5n6-c5ccccc5)cc4)cc3)cc2)cc1. The monoisotopic (exact) mass is 790 g/mol. The van der Waals surface area contributed by atoms with Crippen molar-refractivity contribution in [3.05, 3.63) is 255 Å². The van der Waals surface area contributed by atoms with E-state index in [0.717, 1.165) is 22.7 Å². The van der Waals surface area contributed by atoms with Crippen molar-refractivity contribution in [3.8, 4) is 61.3 Å². The van der Waals surface area contributed by atoms with Crippen LogP contribution in [0.2, 0.25) is 0 Å². The van der Waals surface area contributed by atoms with E-state index in [1.165, 1.54) is 77.4 Å². The third-order valence-corrected chi connectivity index (χ3v) is 12.0. The van der Waals surface area contributed by atoms with Gasteiger partial charge in [0.2, 0.25) is 0 Å². The summed E-state index contributed by atoms with van der Waals surface area (Å²) in [5.41, 5.74) is 18.9. The third-order valence-electron chi connectivity index (χ3n) is 12.0. The van der Waals surface area contributed by atoms with Crippen molar-refractivity contribution in [3.63, 3.8) is 0 Å². The third kappa shape index (κ3) is 7.04. The van der Waals surface area contributed by atoms with Gasteiger partial charge in [-0.1, -0.05) is 182 Å². The molecule has 0 aliphatic heterocycles. The first kappa shape index (κ1) is 36.8. The summed E-state index contributed by atoms with van der Waals surface area (Å²) in [6.45, 7) is 0. The van der Waals surface area contributed by atoms with Crippen molar-refractivity contribution in [1.82, 2.24) is 4.57 Å². The highest BCUT2D eigenvalue weighted by Crippen LogP contribution is 2.40. The molecule has 0 unspecified atom stereocenters. The van der Waals surface area contributed by atoms with Crippen molar-refractivity contribution in [2.75, 3.05) is 4.90 Å². The highest BCUT2D eigenvalue weighted by Gasteiger charge is 2.17. The predicted molar refractivity (Wildman–Crippen MR) is 263 cm³/mol. The molecule has 0 N–H and O–H groups in total. The normalized spacial score (nSPS) is 11.2. The fourth-order valence-corrected chi connectivity index (χ4v) is 8.84. The number of hydrogen-bond acceptors (Lipinski definition) is 1. The second-order valence-corrected chi connectivity index (χ2v) is 15.8. The van der Waals surface area contributed by atoms with E-state index in [2.05, 4.69) is 264 Å². The van der Waals surface area contributed by atoms with E-state index in [4.69, 9.17) is 0 Å². The Morgan fingerprint density at radius 2 is 0.500 bits per heavy atom. The molecule has 10 aromatic carbocycles. The molecule has 0 radical (unpaired) electrons. The minimum absolute atomic E-state index is 1.10. The molecule has 62 heavy (non-hydrogen) atoms. The van der Waals surface area contributed by atoms with Crippen molar-refractivity contribution in [2.24, 2.45) is 0 Å². The Labute approximate surface area is 362 Å². The van der Waals surface area contributed by atoms with Crippen molar-refractivity contribution in [2.45, 2.75) is 0 Å². The maximum Gasteiger partial charge on any atom is 0.0541 e. The van der Waals surface area contributed by atoms with Crippen molar-refractivity contribution < 1.29 is 0 Å². The molecule has 0 saturated carbocycles. The van der Waals surface area contributed by atoms with Crippen LogP contribution in [0.3, 0.4) is 0 Å². The van der Waals surface area contributed by atoms with Gasteiger partial charge in [-0.2, -0.15) is 0 Å². The lowest BCUT2D eigenvalue weighted by Crippen LogP contribution is -2.09. The van der Waals surface area contributed by atoms with Crippen LogP contribution >= 0.6 is 0 Å². The van der Waals surface area contributed by atoms with Gasteiger partial charge >= 0.3 is 0 Å². The lowest BCUT2D eigenvalue weighted by Gasteiger charge is -2.26. The Hall–Kier alpha value is -8.20. The van der Waals surface area contributed by atoms with Gasteiger partial charge in [-0.15, -0.1) is 0 Å².